The Morgan fingerprint density at radius 3 is 2.29 bits per heavy atom. The topological polar surface area (TPSA) is 103 Å². The smallest absolute Gasteiger partial charge is 0.308 e. The number of benzene rings is 1. The van der Waals surface area contributed by atoms with E-state index in [4.69, 9.17) is 16.4 Å². The second kappa shape index (κ2) is 9.97. The molecule has 3 N–H and O–H groups in total. The van der Waals surface area contributed by atoms with E-state index < -0.39 is 21.8 Å². The van der Waals surface area contributed by atoms with Crippen molar-refractivity contribution in [3.8, 4) is 0 Å². The summed E-state index contributed by atoms with van der Waals surface area (Å²) in [4.78, 5) is 14.6. The van der Waals surface area contributed by atoms with E-state index in [0.29, 0.717) is 29.9 Å². The fraction of sp³-hybridized carbons (Fsp3) is 0.500. The van der Waals surface area contributed by atoms with E-state index in [1.165, 1.54) is 23.0 Å². The van der Waals surface area contributed by atoms with Crippen molar-refractivity contribution in [2.24, 2.45) is 0 Å². The zero-order valence-corrected chi connectivity index (χ0v) is 20.2. The van der Waals surface area contributed by atoms with E-state index in [2.05, 4.69) is 15.1 Å². The molecule has 0 spiro atoms. The fourth-order valence-electron chi connectivity index (χ4n) is 3.01. The molecule has 31 heavy (non-hydrogen) atoms. The normalized spacial score (nSPS) is 13.6. The molecule has 1 aromatic carbocycles. The summed E-state index contributed by atoms with van der Waals surface area (Å²) < 4.78 is 38.8. The molecule has 0 aliphatic heterocycles. The summed E-state index contributed by atoms with van der Waals surface area (Å²) in [6.07, 6.45) is 1.47. The quantitative estimate of drug-likeness (QED) is 0.521. The molecule has 0 radical (unpaired) electrons. The van der Waals surface area contributed by atoms with Gasteiger partial charge in [-0.15, -0.1) is 0 Å². The number of carbonyl (C=O) groups excluding carboxylic acids is 1. The molecule has 2 amide bonds. The number of urea groups is 1. The van der Waals surface area contributed by atoms with Gasteiger partial charge in [0, 0.05) is 18.4 Å². The van der Waals surface area contributed by atoms with Crippen LogP contribution in [0.15, 0.2) is 23.4 Å². The Kier molecular flexibility index (Phi) is 8.07. The summed E-state index contributed by atoms with van der Waals surface area (Å²) in [5, 5.41) is 6.60. The Morgan fingerprint density at radius 2 is 1.81 bits per heavy atom. The average molecular weight is 473 g/mol. The van der Waals surface area contributed by atoms with Crippen molar-refractivity contribution in [2.45, 2.75) is 51.1 Å². The molecule has 2 aromatic rings. The molecule has 2 rings (SSSR count). The second-order valence-corrected chi connectivity index (χ2v) is 10.3. The maximum atomic E-state index is 14.1. The van der Waals surface area contributed by atoms with Crippen LogP contribution < -0.4 is 10.0 Å². The minimum absolute atomic E-state index is 0.0339. The van der Waals surface area contributed by atoms with Crippen LogP contribution in [0.25, 0.3) is 0 Å². The van der Waals surface area contributed by atoms with Crippen molar-refractivity contribution in [1.29, 1.82) is 4.78 Å². The molecule has 0 saturated carbocycles. The highest BCUT2D eigenvalue weighted by Crippen LogP contribution is 2.33. The maximum absolute atomic E-state index is 14.1. The highest BCUT2D eigenvalue weighted by atomic mass is 35.5. The maximum Gasteiger partial charge on any atom is 0.332 e. The van der Waals surface area contributed by atoms with Crippen molar-refractivity contribution in [1.82, 2.24) is 19.4 Å². The van der Waals surface area contributed by atoms with Gasteiger partial charge in [-0.25, -0.2) is 22.9 Å². The van der Waals surface area contributed by atoms with Gasteiger partial charge in [-0.2, -0.15) is 5.10 Å². The second-order valence-electron chi connectivity index (χ2n) is 8.23. The SMILES string of the molecule is CC(C)c1cc(F)cc(C(C)C)c1NC(=O)NS(=N)(=O)c1nn(CCN(C)C)cc1Cl. The first-order valence-corrected chi connectivity index (χ1v) is 11.8. The first-order chi connectivity index (χ1) is 14.3. The predicted molar refractivity (Wildman–Crippen MR) is 122 cm³/mol. The first-order valence-electron chi connectivity index (χ1n) is 9.90. The molecular formula is C20H30ClFN6O2S. The van der Waals surface area contributed by atoms with Crippen LogP contribution in [0.5, 0.6) is 0 Å². The Hall–Kier alpha value is -2.17. The summed E-state index contributed by atoms with van der Waals surface area (Å²) in [5.74, 6) is -0.519. The lowest BCUT2D eigenvalue weighted by molar-refractivity contribution is 0.256. The van der Waals surface area contributed by atoms with Gasteiger partial charge in [0.1, 0.15) is 5.82 Å². The summed E-state index contributed by atoms with van der Waals surface area (Å²) in [7, 11) is -0.0147. The third-order valence-corrected chi connectivity index (χ3v) is 6.33. The Bertz CT molecular complexity index is 1020. The van der Waals surface area contributed by atoms with E-state index in [1.54, 1.807) is 0 Å². The fourth-order valence-corrected chi connectivity index (χ4v) is 4.45. The number of likely N-dealkylation sites (N-methyl/N-ethyl adjacent to an activating group) is 1. The summed E-state index contributed by atoms with van der Waals surface area (Å²) >= 11 is 6.13. The molecule has 0 aliphatic rings. The van der Waals surface area contributed by atoms with Crippen LogP contribution in [-0.2, 0) is 16.5 Å². The third-order valence-electron chi connectivity index (χ3n) is 4.62. The number of nitrogens with one attached hydrogen (secondary N) is 3. The Labute approximate surface area is 188 Å². The summed E-state index contributed by atoms with van der Waals surface area (Å²) in [6.45, 7) is 8.70. The van der Waals surface area contributed by atoms with Gasteiger partial charge in [0.15, 0.2) is 14.9 Å². The van der Waals surface area contributed by atoms with Crippen LogP contribution in [-0.4, -0.2) is 45.6 Å². The van der Waals surface area contributed by atoms with Gasteiger partial charge in [-0.1, -0.05) is 39.3 Å². The van der Waals surface area contributed by atoms with Crippen LogP contribution in [0, 0.1) is 10.6 Å². The minimum Gasteiger partial charge on any atom is -0.308 e. The molecule has 0 saturated heterocycles. The largest absolute Gasteiger partial charge is 0.332 e. The van der Waals surface area contributed by atoms with Gasteiger partial charge < -0.3 is 10.2 Å². The number of rotatable bonds is 8. The van der Waals surface area contributed by atoms with Crippen LogP contribution in [0.3, 0.4) is 0 Å². The number of anilines is 1. The zero-order chi connectivity index (χ0) is 23.5. The Morgan fingerprint density at radius 1 is 1.26 bits per heavy atom. The van der Waals surface area contributed by atoms with E-state index >= 15 is 0 Å². The van der Waals surface area contributed by atoms with Crippen LogP contribution in [0.4, 0.5) is 14.9 Å². The van der Waals surface area contributed by atoms with Crippen LogP contribution in [0.1, 0.15) is 50.7 Å². The summed E-state index contributed by atoms with van der Waals surface area (Å²) in [6, 6.07) is 1.88. The number of amides is 2. The molecule has 8 nitrogen and oxygen atoms in total. The molecular weight excluding hydrogens is 443 g/mol. The molecule has 11 heteroatoms. The van der Waals surface area contributed by atoms with E-state index in [0.717, 1.165) is 0 Å². The number of halogens is 2. The van der Waals surface area contributed by atoms with Gasteiger partial charge in [0.05, 0.1) is 11.6 Å². The van der Waals surface area contributed by atoms with Gasteiger partial charge in [0.2, 0.25) is 0 Å². The van der Waals surface area contributed by atoms with E-state index in [-0.39, 0.29) is 21.9 Å². The van der Waals surface area contributed by atoms with Crippen molar-refractivity contribution >= 4 is 33.2 Å². The molecule has 0 fully saturated rings. The highest BCUT2D eigenvalue weighted by molar-refractivity contribution is 7.91. The predicted octanol–water partition coefficient (Wildman–Crippen LogP) is 4.63. The van der Waals surface area contributed by atoms with Gasteiger partial charge >= 0.3 is 6.03 Å². The number of carbonyl (C=O) groups is 1. The van der Waals surface area contributed by atoms with Crippen molar-refractivity contribution < 1.29 is 13.4 Å². The van der Waals surface area contributed by atoms with E-state index in [9.17, 15) is 13.4 Å². The molecule has 172 valence electrons. The number of nitrogens with zero attached hydrogens (tertiary/aromatic N) is 3. The number of hydrogen-bond donors (Lipinski definition) is 3. The third kappa shape index (κ3) is 6.41. The molecule has 1 unspecified atom stereocenters. The highest BCUT2D eigenvalue weighted by Gasteiger charge is 2.24. The van der Waals surface area contributed by atoms with Crippen LogP contribution in [0.2, 0.25) is 5.02 Å². The monoisotopic (exact) mass is 472 g/mol. The van der Waals surface area contributed by atoms with Crippen molar-refractivity contribution in [3.63, 3.8) is 0 Å². The number of aromatic nitrogens is 2. The molecule has 0 bridgehead atoms. The van der Waals surface area contributed by atoms with Crippen molar-refractivity contribution in [2.75, 3.05) is 26.0 Å². The average Bonchev–Trinajstić information content (AvgIpc) is 3.02. The van der Waals surface area contributed by atoms with Gasteiger partial charge in [0.25, 0.3) is 0 Å². The lowest BCUT2D eigenvalue weighted by atomic mass is 9.92. The first kappa shape index (κ1) is 25.1. The van der Waals surface area contributed by atoms with Crippen molar-refractivity contribution in [3.05, 3.63) is 40.3 Å². The molecule has 0 aliphatic carbocycles. The molecule has 1 heterocycles. The van der Waals surface area contributed by atoms with Gasteiger partial charge in [-0.3, -0.25) is 4.68 Å². The zero-order valence-electron chi connectivity index (χ0n) is 18.6. The molecule has 1 atom stereocenters. The summed E-state index contributed by atoms with van der Waals surface area (Å²) in [5.41, 5.74) is 1.67. The standard InChI is InChI=1S/C20H30ClFN6O2S/c1-12(2)15-9-14(22)10-16(13(3)4)18(15)24-20(29)26-31(23,30)19-17(21)11-28(25-19)8-7-27(5)6/h9-13H,7-8H2,1-6H3,(H3,23,24,26,29,30). The lowest BCUT2D eigenvalue weighted by Gasteiger charge is -2.21. The van der Waals surface area contributed by atoms with Crippen LogP contribution >= 0.6 is 11.6 Å². The van der Waals surface area contributed by atoms with E-state index in [1.807, 2.05) is 46.7 Å². The minimum atomic E-state index is -3.82. The lowest BCUT2D eigenvalue weighted by Crippen LogP contribution is -2.34. The van der Waals surface area contributed by atoms with Gasteiger partial charge in [-0.05, 0) is 49.2 Å². The number of hydrogen-bond acceptors (Lipinski definition) is 5. The Balaban J connectivity index is 2.29. The molecule has 1 aromatic heterocycles.